The zero-order valence-corrected chi connectivity index (χ0v) is 12.6. The minimum Gasteiger partial charge on any atom is -0.228 e. The minimum atomic E-state index is -0.702. The Hall–Kier alpha value is 0.620. The third-order valence-electron chi connectivity index (χ3n) is 1.93. The van der Waals surface area contributed by atoms with Gasteiger partial charge in [0.25, 0.3) is 0 Å². The second-order valence-corrected chi connectivity index (χ2v) is 6.07. The summed E-state index contributed by atoms with van der Waals surface area (Å²) in [7, 11) is 0. The van der Waals surface area contributed by atoms with Crippen LogP contribution in [0.5, 0.6) is 0 Å². The molecule has 1 unspecified atom stereocenters. The van der Waals surface area contributed by atoms with Crippen molar-refractivity contribution >= 4 is 47.8 Å². The molecule has 0 spiro atoms. The summed E-state index contributed by atoms with van der Waals surface area (Å²) in [4.78, 5) is 0. The molecule has 0 fully saturated rings. The first kappa shape index (κ1) is 12.7. The molecule has 4 heteroatoms. The van der Waals surface area contributed by atoms with E-state index < -0.39 is 6.10 Å². The minimum absolute atomic E-state index is 0.0868. The van der Waals surface area contributed by atoms with Crippen molar-refractivity contribution in [3.05, 3.63) is 31.1 Å². The van der Waals surface area contributed by atoms with E-state index in [1.165, 1.54) is 0 Å². The van der Waals surface area contributed by atoms with Crippen molar-refractivity contribution in [3.63, 3.8) is 0 Å². The molecule has 0 aliphatic carbocycles. The van der Waals surface area contributed by atoms with E-state index >= 15 is 0 Å². The Labute approximate surface area is 109 Å². The lowest BCUT2D eigenvalue weighted by molar-refractivity contribution is 0.0476. The largest absolute Gasteiger partial charge is 0.228 e. The summed E-state index contributed by atoms with van der Waals surface area (Å²) in [6.45, 7) is 3.86. The summed E-state index contributed by atoms with van der Waals surface area (Å²) >= 11 is 10.2. The number of hydrogen-bond acceptors (Lipinski definition) is 0. The zero-order valence-electron chi connectivity index (χ0n) is 7.85. The fourth-order valence-electron chi connectivity index (χ4n) is 1.16. The average molecular weight is 386 g/mol. The molecule has 0 amide bonds. The standard InChI is InChI=1S/C10H10Br3O/c1-5(2)10(14)9-7(12)3-6(11)4-8(9)13/h3-5,10H,1-2H3. The van der Waals surface area contributed by atoms with Gasteiger partial charge in [0, 0.05) is 19.0 Å². The van der Waals surface area contributed by atoms with Crippen molar-refractivity contribution in [2.24, 2.45) is 5.92 Å². The zero-order chi connectivity index (χ0) is 10.9. The molecule has 0 saturated carbocycles. The van der Waals surface area contributed by atoms with Crippen LogP contribution in [0.2, 0.25) is 0 Å². The number of hydrogen-bond donors (Lipinski definition) is 0. The predicted molar refractivity (Wildman–Crippen MR) is 67.8 cm³/mol. The van der Waals surface area contributed by atoms with E-state index in [0.717, 1.165) is 19.0 Å². The Balaban J connectivity index is 3.20. The molecule has 0 N–H and O–H groups in total. The molecule has 0 saturated heterocycles. The van der Waals surface area contributed by atoms with E-state index in [9.17, 15) is 5.11 Å². The highest BCUT2D eigenvalue weighted by atomic mass is 79.9. The SMILES string of the molecule is CC(C)C([O])c1c(Br)cc(Br)cc1Br. The fraction of sp³-hybridized carbons (Fsp3) is 0.400. The van der Waals surface area contributed by atoms with E-state index in [1.54, 1.807) is 0 Å². The highest BCUT2D eigenvalue weighted by Gasteiger charge is 2.20. The van der Waals surface area contributed by atoms with E-state index in [4.69, 9.17) is 0 Å². The van der Waals surface area contributed by atoms with Gasteiger partial charge >= 0.3 is 0 Å². The topological polar surface area (TPSA) is 19.9 Å². The first-order chi connectivity index (χ1) is 6.43. The Morgan fingerprint density at radius 2 is 1.50 bits per heavy atom. The quantitative estimate of drug-likeness (QED) is 0.674. The van der Waals surface area contributed by atoms with Crippen molar-refractivity contribution in [2.45, 2.75) is 20.0 Å². The molecule has 1 nitrogen and oxygen atoms in total. The number of benzene rings is 1. The Morgan fingerprint density at radius 1 is 1.07 bits per heavy atom. The summed E-state index contributed by atoms with van der Waals surface area (Å²) in [5.41, 5.74) is 0.795. The summed E-state index contributed by atoms with van der Waals surface area (Å²) in [6, 6.07) is 3.79. The molecule has 1 rings (SSSR count). The lowest BCUT2D eigenvalue weighted by Gasteiger charge is -2.16. The smallest absolute Gasteiger partial charge is 0.122 e. The van der Waals surface area contributed by atoms with Crippen LogP contribution in [0.15, 0.2) is 25.6 Å². The van der Waals surface area contributed by atoms with Gasteiger partial charge in [-0.15, -0.1) is 0 Å². The maximum Gasteiger partial charge on any atom is 0.122 e. The molecule has 1 aromatic carbocycles. The highest BCUT2D eigenvalue weighted by molar-refractivity contribution is 9.11. The summed E-state index contributed by atoms with van der Waals surface area (Å²) in [6.07, 6.45) is -0.702. The summed E-state index contributed by atoms with van der Waals surface area (Å²) in [5.74, 6) is 0.0868. The normalized spacial score (nSPS) is 13.4. The van der Waals surface area contributed by atoms with Crippen LogP contribution in [-0.2, 0) is 5.11 Å². The lowest BCUT2D eigenvalue weighted by atomic mass is 9.99. The van der Waals surface area contributed by atoms with Gasteiger partial charge in [0.2, 0.25) is 0 Å². The van der Waals surface area contributed by atoms with Crippen LogP contribution in [0.4, 0.5) is 0 Å². The molecular weight excluding hydrogens is 376 g/mol. The summed E-state index contributed by atoms with van der Waals surface area (Å²) in [5, 5.41) is 11.9. The van der Waals surface area contributed by atoms with Gasteiger partial charge in [-0.2, -0.15) is 0 Å². The van der Waals surface area contributed by atoms with Crippen LogP contribution < -0.4 is 0 Å². The molecule has 14 heavy (non-hydrogen) atoms. The van der Waals surface area contributed by atoms with Crippen molar-refractivity contribution in [2.75, 3.05) is 0 Å². The molecule has 0 bridgehead atoms. The van der Waals surface area contributed by atoms with Gasteiger partial charge in [0.05, 0.1) is 0 Å². The van der Waals surface area contributed by atoms with Crippen LogP contribution in [0.3, 0.4) is 0 Å². The molecule has 0 aliphatic rings. The summed E-state index contributed by atoms with van der Waals surface area (Å²) < 4.78 is 2.66. The van der Waals surface area contributed by atoms with Crippen molar-refractivity contribution in [3.8, 4) is 0 Å². The monoisotopic (exact) mass is 383 g/mol. The molecule has 0 heterocycles. The predicted octanol–water partition coefficient (Wildman–Crippen LogP) is 5.10. The van der Waals surface area contributed by atoms with Gasteiger partial charge < -0.3 is 0 Å². The third-order valence-corrected chi connectivity index (χ3v) is 3.70. The van der Waals surface area contributed by atoms with Crippen LogP contribution in [0.1, 0.15) is 25.5 Å². The Bertz CT molecular complexity index is 313. The molecule has 0 aliphatic heterocycles. The van der Waals surface area contributed by atoms with Crippen molar-refractivity contribution in [1.82, 2.24) is 0 Å². The highest BCUT2D eigenvalue weighted by Crippen LogP contribution is 2.37. The van der Waals surface area contributed by atoms with Gasteiger partial charge in [-0.3, -0.25) is 0 Å². The lowest BCUT2D eigenvalue weighted by Crippen LogP contribution is -2.05. The van der Waals surface area contributed by atoms with Crippen LogP contribution in [-0.4, -0.2) is 0 Å². The second-order valence-electron chi connectivity index (χ2n) is 3.45. The van der Waals surface area contributed by atoms with Gasteiger partial charge in [-0.25, -0.2) is 5.11 Å². The number of rotatable bonds is 2. The molecular formula is C10H10Br3O. The first-order valence-electron chi connectivity index (χ1n) is 4.23. The van der Waals surface area contributed by atoms with Crippen LogP contribution >= 0.6 is 47.8 Å². The average Bonchev–Trinajstić information content (AvgIpc) is 2.01. The van der Waals surface area contributed by atoms with Gasteiger partial charge in [-0.1, -0.05) is 61.6 Å². The maximum absolute atomic E-state index is 11.9. The van der Waals surface area contributed by atoms with E-state index in [0.29, 0.717) is 0 Å². The van der Waals surface area contributed by atoms with E-state index in [2.05, 4.69) is 47.8 Å². The molecule has 0 aromatic heterocycles. The van der Waals surface area contributed by atoms with Crippen molar-refractivity contribution in [1.29, 1.82) is 0 Å². The Kier molecular flexibility index (Phi) is 4.62. The number of halogens is 3. The molecule has 77 valence electrons. The van der Waals surface area contributed by atoms with E-state index in [-0.39, 0.29) is 5.92 Å². The fourth-order valence-corrected chi connectivity index (χ4v) is 3.87. The molecule has 1 atom stereocenters. The third kappa shape index (κ3) is 2.81. The van der Waals surface area contributed by atoms with Gasteiger partial charge in [-0.05, 0) is 18.1 Å². The first-order valence-corrected chi connectivity index (χ1v) is 6.61. The van der Waals surface area contributed by atoms with Gasteiger partial charge in [0.1, 0.15) is 6.10 Å². The Morgan fingerprint density at radius 3 is 1.86 bits per heavy atom. The van der Waals surface area contributed by atoms with Gasteiger partial charge in [0.15, 0.2) is 0 Å². The second kappa shape index (κ2) is 5.10. The molecule has 1 aromatic rings. The van der Waals surface area contributed by atoms with Crippen LogP contribution in [0.25, 0.3) is 0 Å². The maximum atomic E-state index is 11.9. The van der Waals surface area contributed by atoms with Crippen LogP contribution in [0, 0.1) is 5.92 Å². The molecule has 1 radical (unpaired) electrons. The van der Waals surface area contributed by atoms with E-state index in [1.807, 2.05) is 26.0 Å². The van der Waals surface area contributed by atoms with Crippen molar-refractivity contribution < 1.29 is 5.11 Å².